The van der Waals surface area contributed by atoms with Crippen LogP contribution in [0.4, 0.5) is 0 Å². The summed E-state index contributed by atoms with van der Waals surface area (Å²) in [6.45, 7) is 6.28. The van der Waals surface area contributed by atoms with Gasteiger partial charge in [0.2, 0.25) is 0 Å². The van der Waals surface area contributed by atoms with Crippen molar-refractivity contribution in [1.82, 2.24) is 9.55 Å². The molecule has 3 aromatic carbocycles. The molecule has 0 aliphatic rings. The molecule has 4 aromatic rings. The zero-order chi connectivity index (χ0) is 18.4. The third-order valence-electron chi connectivity index (χ3n) is 4.34. The molecule has 0 atom stereocenters. The van der Waals surface area contributed by atoms with Crippen molar-refractivity contribution in [1.29, 1.82) is 0 Å². The predicted octanol–water partition coefficient (Wildman–Crippen LogP) is 6.15. The molecule has 130 valence electrons. The second kappa shape index (κ2) is 8.30. The summed E-state index contributed by atoms with van der Waals surface area (Å²) < 4.78 is 2.06. The van der Waals surface area contributed by atoms with Crippen molar-refractivity contribution < 1.29 is 0 Å². The van der Waals surface area contributed by atoms with Crippen LogP contribution in [0.3, 0.4) is 0 Å². The zero-order valence-electron chi connectivity index (χ0n) is 15.6. The van der Waals surface area contributed by atoms with E-state index in [-0.39, 0.29) is 0 Å². The maximum Gasteiger partial charge on any atom is 0.110 e. The first-order valence-electron chi connectivity index (χ1n) is 8.83. The Bertz CT molecular complexity index is 954. The van der Waals surface area contributed by atoms with Gasteiger partial charge in [0, 0.05) is 18.1 Å². The van der Waals surface area contributed by atoms with Crippen LogP contribution in [0.5, 0.6) is 0 Å². The van der Waals surface area contributed by atoms with E-state index >= 15 is 0 Å². The van der Waals surface area contributed by atoms with Crippen molar-refractivity contribution in [2.45, 2.75) is 20.8 Å². The van der Waals surface area contributed by atoms with Gasteiger partial charge < -0.3 is 4.57 Å². The zero-order valence-corrected chi connectivity index (χ0v) is 15.6. The van der Waals surface area contributed by atoms with Crippen LogP contribution in [-0.4, -0.2) is 9.55 Å². The molecule has 2 heteroatoms. The molecule has 0 amide bonds. The number of aryl methyl sites for hydroxylation is 3. The monoisotopic (exact) mass is 340 g/mol. The number of rotatable bonds is 2. The first-order valence-corrected chi connectivity index (χ1v) is 8.83. The van der Waals surface area contributed by atoms with Crippen LogP contribution in [-0.2, 0) is 0 Å². The Morgan fingerprint density at radius 3 is 2.00 bits per heavy atom. The molecule has 4 rings (SSSR count). The molecule has 0 fully saturated rings. The third kappa shape index (κ3) is 4.28. The van der Waals surface area contributed by atoms with Gasteiger partial charge in [0.25, 0.3) is 0 Å². The lowest BCUT2D eigenvalue weighted by Crippen LogP contribution is -1.93. The van der Waals surface area contributed by atoms with Crippen LogP contribution in [0.25, 0.3) is 16.8 Å². The topological polar surface area (TPSA) is 17.8 Å². The fraction of sp³-hybridized carbons (Fsp3) is 0.125. The smallest absolute Gasteiger partial charge is 0.110 e. The Balaban J connectivity index is 0.000000152. The van der Waals surface area contributed by atoms with Crippen molar-refractivity contribution in [3.8, 4) is 16.8 Å². The van der Waals surface area contributed by atoms with Gasteiger partial charge in [-0.2, -0.15) is 0 Å². The molecule has 0 saturated heterocycles. The quantitative estimate of drug-likeness (QED) is 0.428. The normalized spacial score (nSPS) is 10.1. The highest BCUT2D eigenvalue weighted by Gasteiger charge is 2.00. The molecule has 0 N–H and O–H groups in total. The number of hydrogen-bond acceptors (Lipinski definition) is 1. The molecule has 0 aliphatic heterocycles. The van der Waals surface area contributed by atoms with Gasteiger partial charge in [-0.15, -0.1) is 0 Å². The minimum absolute atomic E-state index is 1.02. The lowest BCUT2D eigenvalue weighted by molar-refractivity contribution is 0.975. The van der Waals surface area contributed by atoms with Crippen LogP contribution >= 0.6 is 0 Å². The van der Waals surface area contributed by atoms with E-state index in [1.807, 2.05) is 37.5 Å². The number of nitrogens with zero attached hydrogens (tertiary/aromatic N) is 2. The van der Waals surface area contributed by atoms with Gasteiger partial charge >= 0.3 is 0 Å². The van der Waals surface area contributed by atoms with Gasteiger partial charge in [-0.05, 0) is 49.6 Å². The van der Waals surface area contributed by atoms with Gasteiger partial charge in [0.05, 0.1) is 0 Å². The maximum absolute atomic E-state index is 4.16. The van der Waals surface area contributed by atoms with Gasteiger partial charge in [-0.3, -0.25) is 0 Å². The predicted molar refractivity (Wildman–Crippen MR) is 110 cm³/mol. The largest absolute Gasteiger partial charge is 0.304 e. The second-order valence-electron chi connectivity index (χ2n) is 6.36. The Morgan fingerprint density at radius 2 is 1.38 bits per heavy atom. The summed E-state index contributed by atoms with van der Waals surface area (Å²) in [4.78, 5) is 4.16. The molecule has 0 saturated carbocycles. The number of para-hydroxylation sites is 1. The van der Waals surface area contributed by atoms with Crippen LogP contribution in [0, 0.1) is 20.8 Å². The summed E-state index contributed by atoms with van der Waals surface area (Å²) in [6, 6.07) is 27.3. The van der Waals surface area contributed by atoms with Crippen LogP contribution in [0.2, 0.25) is 0 Å². The number of aromatic nitrogens is 2. The average Bonchev–Trinajstić information content (AvgIpc) is 3.12. The molecular formula is C24H24N2. The minimum Gasteiger partial charge on any atom is -0.304 e. The molecule has 0 unspecified atom stereocenters. The molecule has 0 bridgehead atoms. The fourth-order valence-corrected chi connectivity index (χ4v) is 2.90. The first-order chi connectivity index (χ1) is 12.6. The van der Waals surface area contributed by atoms with E-state index in [1.165, 1.54) is 22.3 Å². The summed E-state index contributed by atoms with van der Waals surface area (Å²) in [5.74, 6) is 1.02. The van der Waals surface area contributed by atoms with Gasteiger partial charge in [0.1, 0.15) is 5.82 Å². The standard InChI is InChI=1S/C14H14.C10H10N2/c1-11-8-9-12(2)14(10-11)13-6-4-3-5-7-13;1-9-11-7-8-12(9)10-5-3-2-4-6-10/h3-10H,1-2H3;2-8H,1H3. The molecular weight excluding hydrogens is 316 g/mol. The molecule has 1 heterocycles. The second-order valence-corrected chi connectivity index (χ2v) is 6.36. The Morgan fingerprint density at radius 1 is 0.731 bits per heavy atom. The number of benzene rings is 3. The lowest BCUT2D eigenvalue weighted by atomic mass is 9.99. The maximum atomic E-state index is 4.16. The van der Waals surface area contributed by atoms with E-state index in [0.29, 0.717) is 0 Å². The van der Waals surface area contributed by atoms with Gasteiger partial charge in [-0.1, -0.05) is 72.3 Å². The SMILES string of the molecule is Cc1ccc(C)c(-c2ccccc2)c1.Cc1nccn1-c1ccccc1. The van der Waals surface area contributed by atoms with E-state index in [0.717, 1.165) is 11.5 Å². The fourth-order valence-electron chi connectivity index (χ4n) is 2.90. The van der Waals surface area contributed by atoms with E-state index in [2.05, 4.69) is 84.1 Å². The Kier molecular flexibility index (Phi) is 5.65. The highest BCUT2D eigenvalue weighted by molar-refractivity contribution is 5.67. The lowest BCUT2D eigenvalue weighted by Gasteiger charge is -2.06. The third-order valence-corrected chi connectivity index (χ3v) is 4.34. The number of hydrogen-bond donors (Lipinski definition) is 0. The summed E-state index contributed by atoms with van der Waals surface area (Å²) in [6.07, 6.45) is 3.77. The summed E-state index contributed by atoms with van der Waals surface area (Å²) in [7, 11) is 0. The van der Waals surface area contributed by atoms with E-state index in [4.69, 9.17) is 0 Å². The highest BCUT2D eigenvalue weighted by atomic mass is 15.1. The van der Waals surface area contributed by atoms with Crippen molar-refractivity contribution in [2.75, 3.05) is 0 Å². The Labute approximate surface area is 155 Å². The van der Waals surface area contributed by atoms with Crippen LogP contribution < -0.4 is 0 Å². The molecule has 26 heavy (non-hydrogen) atoms. The summed E-state index contributed by atoms with van der Waals surface area (Å²) in [5, 5.41) is 0. The van der Waals surface area contributed by atoms with Crippen molar-refractivity contribution in [3.05, 3.63) is 108 Å². The van der Waals surface area contributed by atoms with Gasteiger partial charge in [-0.25, -0.2) is 4.98 Å². The van der Waals surface area contributed by atoms with Crippen LogP contribution in [0.15, 0.2) is 91.3 Å². The highest BCUT2D eigenvalue weighted by Crippen LogP contribution is 2.23. The molecule has 2 nitrogen and oxygen atoms in total. The van der Waals surface area contributed by atoms with Crippen molar-refractivity contribution >= 4 is 0 Å². The summed E-state index contributed by atoms with van der Waals surface area (Å²) in [5.41, 5.74) is 6.45. The van der Waals surface area contributed by atoms with Crippen molar-refractivity contribution in [3.63, 3.8) is 0 Å². The first kappa shape index (κ1) is 17.7. The summed E-state index contributed by atoms with van der Waals surface area (Å²) >= 11 is 0. The van der Waals surface area contributed by atoms with Crippen molar-refractivity contribution in [2.24, 2.45) is 0 Å². The molecule has 0 spiro atoms. The van der Waals surface area contributed by atoms with E-state index in [9.17, 15) is 0 Å². The number of imidazole rings is 1. The van der Waals surface area contributed by atoms with Gasteiger partial charge in [0.15, 0.2) is 0 Å². The van der Waals surface area contributed by atoms with E-state index in [1.54, 1.807) is 0 Å². The Hall–Kier alpha value is -3.13. The molecule has 0 radical (unpaired) electrons. The molecule has 1 aromatic heterocycles. The minimum atomic E-state index is 1.02. The molecule has 0 aliphatic carbocycles. The van der Waals surface area contributed by atoms with E-state index < -0.39 is 0 Å². The average molecular weight is 340 g/mol. The van der Waals surface area contributed by atoms with Crippen LogP contribution in [0.1, 0.15) is 17.0 Å².